The van der Waals surface area contributed by atoms with E-state index in [4.69, 9.17) is 5.73 Å². The van der Waals surface area contributed by atoms with Crippen LogP contribution in [0.5, 0.6) is 0 Å². The minimum Gasteiger partial charge on any atom is -0.464 e. The Balaban J connectivity index is 2.80. The van der Waals surface area contributed by atoms with Gasteiger partial charge in [0.1, 0.15) is 6.10 Å². The maximum Gasteiger partial charge on any atom is 0.338 e. The smallest absolute Gasteiger partial charge is 0.338 e. The second-order valence-electron chi connectivity index (χ2n) is 3.89. The van der Waals surface area contributed by atoms with Crippen LogP contribution in [0, 0.1) is 0 Å². The van der Waals surface area contributed by atoms with Crippen LogP contribution in [-0.2, 0) is 9.53 Å². The molecule has 0 spiro atoms. The highest BCUT2D eigenvalue weighted by Gasteiger charge is 2.26. The van der Waals surface area contributed by atoms with E-state index < -0.39 is 18.2 Å². The van der Waals surface area contributed by atoms with Gasteiger partial charge in [-0.15, -0.1) is 0 Å². The fourth-order valence-electron chi connectivity index (χ4n) is 1.52. The normalized spacial score (nSPS) is 13.7. The molecule has 0 aliphatic carbocycles. The van der Waals surface area contributed by atoms with Gasteiger partial charge in [0.25, 0.3) is 0 Å². The van der Waals surface area contributed by atoms with Crippen molar-refractivity contribution in [2.75, 3.05) is 13.2 Å². The molecule has 0 bridgehead atoms. The van der Waals surface area contributed by atoms with Gasteiger partial charge in [-0.25, -0.2) is 4.79 Å². The Labute approximate surface area is 110 Å². The van der Waals surface area contributed by atoms with Crippen molar-refractivity contribution in [1.29, 1.82) is 0 Å². The molecule has 0 saturated heterocycles. The summed E-state index contributed by atoms with van der Waals surface area (Å²) in [6.07, 6.45) is -3.06. The van der Waals surface area contributed by atoms with Gasteiger partial charge in [-0.1, -0.05) is 24.3 Å². The highest BCUT2D eigenvalue weighted by molar-refractivity contribution is 5.97. The monoisotopic (exact) mass is 267 g/mol. The summed E-state index contributed by atoms with van der Waals surface area (Å²) in [6.45, 7) is 1.62. The number of nitrogens with two attached hydrogens (primary N) is 1. The van der Waals surface area contributed by atoms with Crippen LogP contribution >= 0.6 is 0 Å². The average molecular weight is 267 g/mol. The molecular weight excluding hydrogens is 250 g/mol. The lowest BCUT2D eigenvalue weighted by Crippen LogP contribution is -2.29. The van der Waals surface area contributed by atoms with E-state index in [-0.39, 0.29) is 18.9 Å². The van der Waals surface area contributed by atoms with E-state index in [0.717, 1.165) is 0 Å². The number of benzene rings is 1. The highest BCUT2D eigenvalue weighted by atomic mass is 16.5. The molecule has 0 aromatic heterocycles. The van der Waals surface area contributed by atoms with Crippen LogP contribution in [0.2, 0.25) is 0 Å². The summed E-state index contributed by atoms with van der Waals surface area (Å²) >= 11 is 0. The van der Waals surface area contributed by atoms with E-state index >= 15 is 0 Å². The number of carbonyl (C=O) groups is 2. The van der Waals surface area contributed by atoms with E-state index in [1.807, 2.05) is 0 Å². The van der Waals surface area contributed by atoms with Crippen molar-refractivity contribution >= 4 is 11.8 Å². The molecule has 4 N–H and O–H groups in total. The van der Waals surface area contributed by atoms with Crippen molar-refractivity contribution in [1.82, 2.24) is 0 Å². The van der Waals surface area contributed by atoms with Crippen LogP contribution in [0.4, 0.5) is 0 Å². The summed E-state index contributed by atoms with van der Waals surface area (Å²) in [7, 11) is 0. The quantitative estimate of drug-likeness (QED) is 0.486. The first kappa shape index (κ1) is 15.3. The summed E-state index contributed by atoms with van der Waals surface area (Å²) in [4.78, 5) is 22.6. The molecule has 0 amide bonds. The van der Waals surface area contributed by atoms with Crippen LogP contribution < -0.4 is 5.73 Å². The first-order valence-electron chi connectivity index (χ1n) is 5.87. The Bertz CT molecular complexity index is 443. The number of rotatable bonds is 6. The third-order valence-corrected chi connectivity index (χ3v) is 2.59. The molecule has 0 fully saturated rings. The van der Waals surface area contributed by atoms with Crippen LogP contribution in [0.25, 0.3) is 0 Å². The second-order valence-corrected chi connectivity index (χ2v) is 3.89. The molecule has 2 unspecified atom stereocenters. The number of hydrogen-bond acceptors (Lipinski definition) is 6. The van der Waals surface area contributed by atoms with Gasteiger partial charge in [-0.2, -0.15) is 0 Å². The number of esters is 1. The third kappa shape index (κ3) is 3.85. The minimum absolute atomic E-state index is 0.104. The van der Waals surface area contributed by atoms with Gasteiger partial charge in [0.15, 0.2) is 11.9 Å². The number of ketones is 1. The van der Waals surface area contributed by atoms with Crippen LogP contribution in [0.1, 0.15) is 28.9 Å². The lowest BCUT2D eigenvalue weighted by atomic mass is 10.0. The molecule has 0 radical (unpaired) electrons. The van der Waals surface area contributed by atoms with Gasteiger partial charge in [-0.05, 0) is 12.5 Å². The Morgan fingerprint density at radius 1 is 1.26 bits per heavy atom. The fraction of sp³-hybridized carbons (Fsp3) is 0.385. The molecule has 0 saturated carbocycles. The number of Topliss-reactive ketones (excluding diaryl/α,β-unsaturated/α-hetero) is 1. The number of aliphatic hydroxyl groups is 2. The van der Waals surface area contributed by atoms with Gasteiger partial charge in [-0.3, -0.25) is 4.79 Å². The lowest BCUT2D eigenvalue weighted by Gasteiger charge is -2.16. The van der Waals surface area contributed by atoms with Crippen molar-refractivity contribution in [3.05, 3.63) is 35.4 Å². The van der Waals surface area contributed by atoms with Gasteiger partial charge < -0.3 is 20.7 Å². The third-order valence-electron chi connectivity index (χ3n) is 2.59. The molecule has 1 rings (SSSR count). The predicted octanol–water partition coefficient (Wildman–Crippen LogP) is -0.215. The number of aliphatic hydroxyl groups excluding tert-OH is 2. The topological polar surface area (TPSA) is 110 Å². The number of hydrogen-bond donors (Lipinski definition) is 3. The summed E-state index contributed by atoms with van der Waals surface area (Å²) in [5.74, 6) is -1.12. The second kappa shape index (κ2) is 6.98. The molecule has 19 heavy (non-hydrogen) atoms. The summed E-state index contributed by atoms with van der Waals surface area (Å²) in [6, 6.07) is 5.86. The maximum atomic E-state index is 11.3. The number of ether oxygens (including phenoxy) is 1. The Hall–Kier alpha value is -1.76. The van der Waals surface area contributed by atoms with E-state index in [0.29, 0.717) is 11.1 Å². The van der Waals surface area contributed by atoms with Gasteiger partial charge in [0.05, 0.1) is 13.2 Å². The molecule has 0 aliphatic heterocycles. The first-order valence-corrected chi connectivity index (χ1v) is 5.87. The highest BCUT2D eigenvalue weighted by Crippen LogP contribution is 2.18. The average Bonchev–Trinajstić information content (AvgIpc) is 2.45. The summed E-state index contributed by atoms with van der Waals surface area (Å²) in [5, 5.41) is 19.4. The molecule has 0 aliphatic rings. The van der Waals surface area contributed by atoms with E-state index in [1.165, 1.54) is 24.3 Å². The largest absolute Gasteiger partial charge is 0.464 e. The van der Waals surface area contributed by atoms with Gasteiger partial charge in [0, 0.05) is 5.56 Å². The first-order chi connectivity index (χ1) is 9.01. The van der Waals surface area contributed by atoms with Crippen molar-refractivity contribution < 1.29 is 24.5 Å². The number of carbonyl (C=O) groups excluding carboxylic acids is 2. The fourth-order valence-corrected chi connectivity index (χ4v) is 1.52. The van der Waals surface area contributed by atoms with E-state index in [1.54, 1.807) is 6.92 Å². The zero-order valence-corrected chi connectivity index (χ0v) is 10.6. The van der Waals surface area contributed by atoms with Crippen LogP contribution in [0.3, 0.4) is 0 Å². The summed E-state index contributed by atoms with van der Waals surface area (Å²) in [5.41, 5.74) is 5.94. The molecule has 1 aromatic rings. The predicted molar refractivity (Wildman–Crippen MR) is 67.4 cm³/mol. The van der Waals surface area contributed by atoms with Gasteiger partial charge in [0.2, 0.25) is 0 Å². The maximum absolute atomic E-state index is 11.3. The van der Waals surface area contributed by atoms with Crippen molar-refractivity contribution in [2.45, 2.75) is 19.1 Å². The van der Waals surface area contributed by atoms with Crippen LogP contribution in [0.15, 0.2) is 24.3 Å². The Kier molecular flexibility index (Phi) is 5.62. The molecule has 1 aromatic carbocycles. The van der Waals surface area contributed by atoms with Crippen molar-refractivity contribution in [2.24, 2.45) is 5.73 Å². The zero-order chi connectivity index (χ0) is 14.4. The van der Waals surface area contributed by atoms with E-state index in [2.05, 4.69) is 4.74 Å². The Morgan fingerprint density at radius 3 is 2.32 bits per heavy atom. The zero-order valence-electron chi connectivity index (χ0n) is 10.6. The molecule has 6 nitrogen and oxygen atoms in total. The Morgan fingerprint density at radius 2 is 1.84 bits per heavy atom. The minimum atomic E-state index is -1.66. The van der Waals surface area contributed by atoms with E-state index in [9.17, 15) is 19.8 Å². The molecular formula is C13H17NO5. The van der Waals surface area contributed by atoms with Gasteiger partial charge >= 0.3 is 5.97 Å². The molecule has 6 heteroatoms. The standard InChI is InChI=1S/C13H17NO5/c1-2-19-13(18)12(17)11(16)9-5-3-8(4-6-9)10(15)7-14/h3-6,11-12,16-17H,2,7,14H2,1H3. The molecule has 104 valence electrons. The molecule has 0 heterocycles. The van der Waals surface area contributed by atoms with Crippen LogP contribution in [-0.4, -0.2) is 41.2 Å². The molecule has 2 atom stereocenters. The SMILES string of the molecule is CCOC(=O)C(O)C(O)c1ccc(C(=O)CN)cc1. The van der Waals surface area contributed by atoms with Crippen molar-refractivity contribution in [3.8, 4) is 0 Å². The van der Waals surface area contributed by atoms with Crippen molar-refractivity contribution in [3.63, 3.8) is 0 Å². The summed E-state index contributed by atoms with van der Waals surface area (Å²) < 4.78 is 4.61. The lowest BCUT2D eigenvalue weighted by molar-refractivity contribution is -0.159.